The van der Waals surface area contributed by atoms with Gasteiger partial charge in [0, 0.05) is 5.56 Å². The van der Waals surface area contributed by atoms with Gasteiger partial charge in [0.25, 0.3) is 4.84 Å². The molecule has 0 aliphatic heterocycles. The van der Waals surface area contributed by atoms with Gasteiger partial charge in [-0.3, -0.25) is 0 Å². The van der Waals surface area contributed by atoms with Crippen LogP contribution in [-0.2, 0) is 6.54 Å². The highest BCUT2D eigenvalue weighted by molar-refractivity contribution is 7.71. The van der Waals surface area contributed by atoms with Crippen LogP contribution in [0.4, 0.5) is 0 Å². The number of aromatic nitrogens is 4. The van der Waals surface area contributed by atoms with Gasteiger partial charge in [-0.2, -0.15) is 0 Å². The lowest BCUT2D eigenvalue weighted by molar-refractivity contribution is 0.469. The lowest BCUT2D eigenvalue weighted by atomic mass is 10.2. The maximum absolute atomic E-state index is 5.40. The van der Waals surface area contributed by atoms with Crippen molar-refractivity contribution >= 4 is 23.3 Å². The van der Waals surface area contributed by atoms with E-state index in [-0.39, 0.29) is 4.84 Å². The smallest absolute Gasteiger partial charge is 0.284 e. The van der Waals surface area contributed by atoms with Crippen LogP contribution in [0.1, 0.15) is 5.89 Å². The Hall–Kier alpha value is -2.73. The molecule has 4 rings (SSSR count). The number of nitrogens with one attached hydrogen (secondary N) is 1. The van der Waals surface area contributed by atoms with Crippen molar-refractivity contribution in [1.29, 1.82) is 0 Å². The van der Waals surface area contributed by atoms with Gasteiger partial charge in [-0.25, -0.2) is 10.1 Å². The number of rotatable bonds is 3. The molecule has 108 valence electrons. The number of H-pyrrole nitrogens is 1. The minimum Gasteiger partial charge on any atom is -0.412 e. The Balaban J connectivity index is 1.92. The summed E-state index contributed by atoms with van der Waals surface area (Å²) in [6, 6.07) is 18.1. The lowest BCUT2D eigenvalue weighted by Gasteiger charge is -2.06. The van der Waals surface area contributed by atoms with Crippen LogP contribution in [0.5, 0.6) is 0 Å². The summed E-state index contributed by atoms with van der Waals surface area (Å²) in [4.78, 5) is 5.02. The van der Waals surface area contributed by atoms with Crippen LogP contribution < -0.4 is 0 Å². The SMILES string of the molecule is S=c1[nH]nc(Cn2c(-c3ccccc3)nc3ccccc32)o1. The molecule has 4 aromatic rings. The zero-order valence-corrected chi connectivity index (χ0v) is 12.4. The molecule has 0 radical (unpaired) electrons. The molecule has 2 aromatic carbocycles. The van der Waals surface area contributed by atoms with Gasteiger partial charge in [0.05, 0.1) is 11.0 Å². The summed E-state index contributed by atoms with van der Waals surface area (Å²) < 4.78 is 7.48. The summed E-state index contributed by atoms with van der Waals surface area (Å²) in [6.45, 7) is 0.470. The van der Waals surface area contributed by atoms with Gasteiger partial charge in [-0.15, -0.1) is 5.10 Å². The first kappa shape index (κ1) is 13.0. The zero-order chi connectivity index (χ0) is 14.9. The van der Waals surface area contributed by atoms with E-state index in [1.165, 1.54) is 0 Å². The number of nitrogens with zero attached hydrogens (tertiary/aromatic N) is 3. The molecule has 5 nitrogen and oxygen atoms in total. The second kappa shape index (κ2) is 5.23. The number of para-hydroxylation sites is 2. The Kier molecular flexibility index (Phi) is 3.08. The Labute approximate surface area is 131 Å². The van der Waals surface area contributed by atoms with Gasteiger partial charge in [0.1, 0.15) is 12.4 Å². The van der Waals surface area contributed by atoms with Gasteiger partial charge in [-0.1, -0.05) is 42.5 Å². The predicted molar refractivity (Wildman–Crippen MR) is 86.0 cm³/mol. The Morgan fingerprint density at radius 3 is 2.59 bits per heavy atom. The first-order chi connectivity index (χ1) is 10.8. The molecule has 2 heterocycles. The normalized spacial score (nSPS) is 11.1. The van der Waals surface area contributed by atoms with Gasteiger partial charge < -0.3 is 8.98 Å². The highest BCUT2D eigenvalue weighted by atomic mass is 32.1. The number of fused-ring (bicyclic) bond motifs is 1. The lowest BCUT2D eigenvalue weighted by Crippen LogP contribution is -2.02. The van der Waals surface area contributed by atoms with Crippen molar-refractivity contribution in [3.05, 3.63) is 65.3 Å². The summed E-state index contributed by atoms with van der Waals surface area (Å²) >= 11 is 4.94. The Morgan fingerprint density at radius 2 is 1.82 bits per heavy atom. The van der Waals surface area contributed by atoms with Crippen LogP contribution in [0.3, 0.4) is 0 Å². The number of aromatic amines is 1. The third kappa shape index (κ3) is 2.23. The fraction of sp³-hybridized carbons (Fsp3) is 0.0625. The van der Waals surface area contributed by atoms with Crippen LogP contribution in [0, 0.1) is 4.84 Å². The monoisotopic (exact) mass is 308 g/mol. The quantitative estimate of drug-likeness (QED) is 0.585. The predicted octanol–water partition coefficient (Wildman–Crippen LogP) is 3.80. The van der Waals surface area contributed by atoms with Crippen molar-refractivity contribution in [2.75, 3.05) is 0 Å². The minimum absolute atomic E-state index is 0.278. The molecule has 0 saturated heterocycles. The van der Waals surface area contributed by atoms with Crippen molar-refractivity contribution in [2.24, 2.45) is 0 Å². The number of hydrogen-bond donors (Lipinski definition) is 1. The van der Waals surface area contributed by atoms with Crippen LogP contribution >= 0.6 is 12.2 Å². The van der Waals surface area contributed by atoms with Gasteiger partial charge >= 0.3 is 0 Å². The average molecular weight is 308 g/mol. The van der Waals surface area contributed by atoms with Crippen LogP contribution in [0.25, 0.3) is 22.4 Å². The second-order valence-electron chi connectivity index (χ2n) is 4.88. The van der Waals surface area contributed by atoms with E-state index in [2.05, 4.69) is 14.8 Å². The van der Waals surface area contributed by atoms with E-state index < -0.39 is 0 Å². The van der Waals surface area contributed by atoms with E-state index in [4.69, 9.17) is 21.6 Å². The minimum atomic E-state index is 0.278. The first-order valence-electron chi connectivity index (χ1n) is 6.86. The van der Waals surface area contributed by atoms with Crippen molar-refractivity contribution in [3.63, 3.8) is 0 Å². The molecule has 0 bridgehead atoms. The largest absolute Gasteiger partial charge is 0.412 e. The number of hydrogen-bond acceptors (Lipinski definition) is 4. The van der Waals surface area contributed by atoms with Gasteiger partial charge in [0.2, 0.25) is 5.89 Å². The molecule has 6 heteroatoms. The van der Waals surface area contributed by atoms with E-state index in [0.717, 1.165) is 22.4 Å². The molecule has 0 fully saturated rings. The molecular weight excluding hydrogens is 296 g/mol. The molecule has 0 aliphatic carbocycles. The standard InChI is InChI=1S/C16H12N4OS/c22-16-19-18-14(21-16)10-20-13-9-5-4-8-12(13)17-15(20)11-6-2-1-3-7-11/h1-9H,10H2,(H,19,22). The van der Waals surface area contributed by atoms with E-state index in [1.807, 2.05) is 54.6 Å². The van der Waals surface area contributed by atoms with Crippen molar-refractivity contribution < 1.29 is 4.42 Å². The van der Waals surface area contributed by atoms with Gasteiger partial charge in [-0.05, 0) is 24.4 Å². The van der Waals surface area contributed by atoms with E-state index >= 15 is 0 Å². The fourth-order valence-electron chi connectivity index (χ4n) is 2.51. The highest BCUT2D eigenvalue weighted by Crippen LogP contribution is 2.25. The molecule has 0 aliphatic rings. The van der Waals surface area contributed by atoms with Crippen LogP contribution in [0.2, 0.25) is 0 Å². The van der Waals surface area contributed by atoms with Crippen molar-refractivity contribution in [3.8, 4) is 11.4 Å². The molecule has 2 aromatic heterocycles. The summed E-state index contributed by atoms with van der Waals surface area (Å²) in [5.74, 6) is 1.41. The number of imidazole rings is 1. The van der Waals surface area contributed by atoms with E-state index in [1.54, 1.807) is 0 Å². The highest BCUT2D eigenvalue weighted by Gasteiger charge is 2.14. The maximum atomic E-state index is 5.40. The second-order valence-corrected chi connectivity index (χ2v) is 5.25. The third-order valence-electron chi connectivity index (χ3n) is 3.46. The van der Waals surface area contributed by atoms with Gasteiger partial charge in [0.15, 0.2) is 0 Å². The fourth-order valence-corrected chi connectivity index (χ4v) is 2.65. The number of benzene rings is 2. The summed E-state index contributed by atoms with van der Waals surface area (Å²) in [5.41, 5.74) is 3.02. The average Bonchev–Trinajstić information content (AvgIpc) is 3.13. The third-order valence-corrected chi connectivity index (χ3v) is 3.64. The molecule has 1 N–H and O–H groups in total. The summed E-state index contributed by atoms with van der Waals surface area (Å²) in [5, 5.41) is 6.74. The molecule has 0 amide bonds. The topological polar surface area (TPSA) is 59.6 Å². The summed E-state index contributed by atoms with van der Waals surface area (Å²) in [6.07, 6.45) is 0. The molecular formula is C16H12N4OS. The molecule has 0 saturated carbocycles. The Morgan fingerprint density at radius 1 is 1.05 bits per heavy atom. The molecule has 0 unspecified atom stereocenters. The Bertz CT molecular complexity index is 984. The molecule has 22 heavy (non-hydrogen) atoms. The summed E-state index contributed by atoms with van der Waals surface area (Å²) in [7, 11) is 0. The van der Waals surface area contributed by atoms with Crippen molar-refractivity contribution in [1.82, 2.24) is 19.7 Å². The van der Waals surface area contributed by atoms with E-state index in [0.29, 0.717) is 12.4 Å². The van der Waals surface area contributed by atoms with E-state index in [9.17, 15) is 0 Å². The van der Waals surface area contributed by atoms with Crippen LogP contribution in [-0.4, -0.2) is 19.7 Å². The first-order valence-corrected chi connectivity index (χ1v) is 7.27. The maximum Gasteiger partial charge on any atom is 0.284 e. The van der Waals surface area contributed by atoms with Crippen LogP contribution in [0.15, 0.2) is 59.0 Å². The zero-order valence-electron chi connectivity index (χ0n) is 11.6. The molecule has 0 spiro atoms. The molecule has 0 atom stereocenters. The van der Waals surface area contributed by atoms with Crippen molar-refractivity contribution in [2.45, 2.75) is 6.54 Å².